The Labute approximate surface area is 115 Å². The van der Waals surface area contributed by atoms with E-state index in [-0.39, 0.29) is 0 Å². The molecule has 114 valence electrons. The molecular weight excluding hydrogens is 248 g/mol. The predicted molar refractivity (Wildman–Crippen MR) is 72.5 cm³/mol. The highest BCUT2D eigenvalue weighted by atomic mass is 16.5. The lowest BCUT2D eigenvalue weighted by Gasteiger charge is -2.46. The van der Waals surface area contributed by atoms with Crippen LogP contribution in [0.1, 0.15) is 48.5 Å². The lowest BCUT2D eigenvalue weighted by molar-refractivity contribution is -0.223. The van der Waals surface area contributed by atoms with Crippen molar-refractivity contribution in [3.63, 3.8) is 0 Å². The van der Waals surface area contributed by atoms with Gasteiger partial charge in [0, 0.05) is 6.92 Å². The molecule has 0 amide bonds. The quantitative estimate of drug-likeness (QED) is 0.669. The first-order chi connectivity index (χ1) is 8.23. The maximum absolute atomic E-state index is 10.9. The second-order valence-electron chi connectivity index (χ2n) is 7.31. The fraction of sp³-hybridized carbons (Fsp3) is 0.929. The summed E-state index contributed by atoms with van der Waals surface area (Å²) in [4.78, 5) is 10.9. The molecule has 5 nitrogen and oxygen atoms in total. The summed E-state index contributed by atoms with van der Waals surface area (Å²) in [6.45, 7) is 11.2. The molecule has 0 aliphatic rings. The third-order valence-electron chi connectivity index (χ3n) is 3.09. The van der Waals surface area contributed by atoms with Gasteiger partial charge in [-0.15, -0.1) is 0 Å². The smallest absolute Gasteiger partial charge is 0.302 e. The van der Waals surface area contributed by atoms with Crippen LogP contribution in [0, 0.1) is 10.8 Å². The lowest BCUT2D eigenvalue weighted by atomic mass is 9.70. The van der Waals surface area contributed by atoms with Gasteiger partial charge in [0.05, 0.1) is 12.2 Å². The minimum Gasteiger partial charge on any atom is -0.463 e. The molecule has 0 fully saturated rings. The summed E-state index contributed by atoms with van der Waals surface area (Å²) in [6.07, 6.45) is -2.48. The fourth-order valence-corrected chi connectivity index (χ4v) is 2.02. The van der Waals surface area contributed by atoms with Crippen molar-refractivity contribution in [3.8, 4) is 0 Å². The summed E-state index contributed by atoms with van der Waals surface area (Å²) in [5.74, 6) is -0.569. The van der Waals surface area contributed by atoms with Crippen LogP contribution in [0.3, 0.4) is 0 Å². The lowest BCUT2D eigenvalue weighted by Crippen LogP contribution is -2.63. The number of carbonyl (C=O) groups excluding carboxylic acids is 1. The van der Waals surface area contributed by atoms with E-state index in [0.29, 0.717) is 0 Å². The van der Waals surface area contributed by atoms with E-state index in [1.807, 2.05) is 0 Å². The SMILES string of the molecule is CC(=O)OCC(O)(C(O)C(C)(C)C)C(O)C(C)(C)C. The van der Waals surface area contributed by atoms with E-state index < -0.39 is 41.2 Å². The Balaban J connectivity index is 5.41. The molecule has 2 unspecified atom stereocenters. The zero-order valence-corrected chi connectivity index (χ0v) is 13.0. The Morgan fingerprint density at radius 3 is 1.53 bits per heavy atom. The van der Waals surface area contributed by atoms with Gasteiger partial charge in [-0.3, -0.25) is 4.79 Å². The van der Waals surface area contributed by atoms with Crippen molar-refractivity contribution >= 4 is 5.97 Å². The fourth-order valence-electron chi connectivity index (χ4n) is 2.02. The third-order valence-corrected chi connectivity index (χ3v) is 3.09. The van der Waals surface area contributed by atoms with E-state index in [1.165, 1.54) is 6.92 Å². The van der Waals surface area contributed by atoms with Gasteiger partial charge in [0.25, 0.3) is 0 Å². The van der Waals surface area contributed by atoms with Gasteiger partial charge < -0.3 is 20.1 Å². The molecule has 3 N–H and O–H groups in total. The standard InChI is InChI=1S/C14H28O5/c1-9(15)19-8-14(18,10(16)12(2,3)4)11(17)13(5,6)7/h10-11,16-18H,8H2,1-7H3. The van der Waals surface area contributed by atoms with Gasteiger partial charge >= 0.3 is 5.97 Å². The van der Waals surface area contributed by atoms with Gasteiger partial charge in [-0.25, -0.2) is 0 Å². The first-order valence-corrected chi connectivity index (χ1v) is 6.45. The molecule has 19 heavy (non-hydrogen) atoms. The van der Waals surface area contributed by atoms with Crippen LogP contribution < -0.4 is 0 Å². The summed E-state index contributed by atoms with van der Waals surface area (Å²) >= 11 is 0. The maximum Gasteiger partial charge on any atom is 0.302 e. The van der Waals surface area contributed by atoms with Crippen molar-refractivity contribution in [1.29, 1.82) is 0 Å². The summed E-state index contributed by atoms with van der Waals surface area (Å²) < 4.78 is 4.83. The van der Waals surface area contributed by atoms with Gasteiger partial charge in [0.15, 0.2) is 5.60 Å². The van der Waals surface area contributed by atoms with Crippen molar-refractivity contribution in [2.24, 2.45) is 10.8 Å². The molecular formula is C14H28O5. The first kappa shape index (κ1) is 18.4. The molecule has 0 bridgehead atoms. The summed E-state index contributed by atoms with van der Waals surface area (Å²) in [5, 5.41) is 31.4. The number of ether oxygens (including phenoxy) is 1. The number of hydrogen-bond donors (Lipinski definition) is 3. The second-order valence-corrected chi connectivity index (χ2v) is 7.31. The van der Waals surface area contributed by atoms with Gasteiger partial charge in [0.1, 0.15) is 6.61 Å². The van der Waals surface area contributed by atoms with Crippen molar-refractivity contribution < 1.29 is 24.9 Å². The summed E-state index contributed by atoms with van der Waals surface area (Å²) in [5.41, 5.74) is -3.25. The molecule has 0 aliphatic heterocycles. The molecule has 0 spiro atoms. The molecule has 0 aliphatic carbocycles. The van der Waals surface area contributed by atoms with Crippen LogP contribution in [0.15, 0.2) is 0 Å². The highest BCUT2D eigenvalue weighted by molar-refractivity contribution is 5.66. The number of rotatable bonds is 4. The van der Waals surface area contributed by atoms with Crippen molar-refractivity contribution in [3.05, 3.63) is 0 Å². The van der Waals surface area contributed by atoms with Gasteiger partial charge in [0.2, 0.25) is 0 Å². The highest BCUT2D eigenvalue weighted by Crippen LogP contribution is 2.37. The van der Waals surface area contributed by atoms with E-state index in [9.17, 15) is 20.1 Å². The van der Waals surface area contributed by atoms with Crippen LogP contribution in [-0.2, 0) is 9.53 Å². The third kappa shape index (κ3) is 4.75. The minimum atomic E-state index is -1.91. The van der Waals surface area contributed by atoms with Crippen LogP contribution in [0.5, 0.6) is 0 Å². The molecule has 5 heteroatoms. The number of esters is 1. The van der Waals surface area contributed by atoms with E-state index in [0.717, 1.165) is 0 Å². The summed E-state index contributed by atoms with van der Waals surface area (Å²) in [7, 11) is 0. The van der Waals surface area contributed by atoms with Crippen molar-refractivity contribution in [1.82, 2.24) is 0 Å². The first-order valence-electron chi connectivity index (χ1n) is 6.45. The number of carbonyl (C=O) groups is 1. The van der Waals surface area contributed by atoms with Crippen LogP contribution >= 0.6 is 0 Å². The average Bonchev–Trinajstić information content (AvgIpc) is 2.21. The molecule has 0 aromatic rings. The Kier molecular flexibility index (Phi) is 5.57. The Bertz CT molecular complexity index is 291. The van der Waals surface area contributed by atoms with Gasteiger partial charge in [-0.1, -0.05) is 41.5 Å². The second kappa shape index (κ2) is 5.77. The summed E-state index contributed by atoms with van der Waals surface area (Å²) in [6, 6.07) is 0. The van der Waals surface area contributed by atoms with E-state index in [2.05, 4.69) is 0 Å². The Morgan fingerprint density at radius 2 is 1.32 bits per heavy atom. The predicted octanol–water partition coefficient (Wildman–Crippen LogP) is 1.09. The van der Waals surface area contributed by atoms with Crippen molar-refractivity contribution in [2.45, 2.75) is 66.3 Å². The molecule has 0 saturated heterocycles. The van der Waals surface area contributed by atoms with Crippen LogP contribution in [0.4, 0.5) is 0 Å². The molecule has 0 aromatic carbocycles. The van der Waals surface area contributed by atoms with E-state index in [4.69, 9.17) is 4.74 Å². The molecule has 0 radical (unpaired) electrons. The number of aliphatic hydroxyl groups is 3. The highest BCUT2D eigenvalue weighted by Gasteiger charge is 2.52. The minimum absolute atomic E-state index is 0.445. The Morgan fingerprint density at radius 1 is 1.00 bits per heavy atom. The zero-order chi connectivity index (χ0) is 15.6. The molecule has 0 rings (SSSR count). The zero-order valence-electron chi connectivity index (χ0n) is 13.0. The average molecular weight is 276 g/mol. The monoisotopic (exact) mass is 276 g/mol. The van der Waals surface area contributed by atoms with E-state index >= 15 is 0 Å². The molecule has 0 aromatic heterocycles. The topological polar surface area (TPSA) is 87.0 Å². The number of aliphatic hydroxyl groups excluding tert-OH is 2. The maximum atomic E-state index is 10.9. The van der Waals surface area contributed by atoms with Crippen molar-refractivity contribution in [2.75, 3.05) is 6.61 Å². The largest absolute Gasteiger partial charge is 0.463 e. The molecule has 0 saturated carbocycles. The normalized spacial score (nSPS) is 19.5. The van der Waals surface area contributed by atoms with Crippen LogP contribution in [0.25, 0.3) is 0 Å². The van der Waals surface area contributed by atoms with E-state index in [1.54, 1.807) is 41.5 Å². The van der Waals surface area contributed by atoms with Crippen LogP contribution in [0.2, 0.25) is 0 Å². The van der Waals surface area contributed by atoms with Gasteiger partial charge in [-0.2, -0.15) is 0 Å². The molecule has 0 heterocycles. The van der Waals surface area contributed by atoms with Gasteiger partial charge in [-0.05, 0) is 10.8 Å². The molecule has 2 atom stereocenters. The van der Waals surface area contributed by atoms with Crippen LogP contribution in [-0.4, -0.2) is 45.7 Å². The Hall–Kier alpha value is -0.650. The number of hydrogen-bond acceptors (Lipinski definition) is 5.